The summed E-state index contributed by atoms with van der Waals surface area (Å²) >= 11 is 1.67. The predicted octanol–water partition coefficient (Wildman–Crippen LogP) is 3.76. The Morgan fingerprint density at radius 1 is 1.06 bits per heavy atom. The Labute approximate surface area is 100 Å². The highest BCUT2D eigenvalue weighted by Gasteiger charge is 2.13. The molecule has 16 heavy (non-hydrogen) atoms. The lowest BCUT2D eigenvalue weighted by atomic mass is 9.98. The second kappa shape index (κ2) is 4.40. The Hall–Kier alpha value is -1.12. The quantitative estimate of drug-likeness (QED) is 0.836. The van der Waals surface area contributed by atoms with E-state index in [2.05, 4.69) is 26.0 Å². The summed E-state index contributed by atoms with van der Waals surface area (Å²) in [6.45, 7) is 6.21. The molecule has 0 aliphatic carbocycles. The molecule has 0 fully saturated rings. The van der Waals surface area contributed by atoms with E-state index in [1.54, 1.807) is 11.3 Å². The monoisotopic (exact) mass is 232 g/mol. The van der Waals surface area contributed by atoms with Crippen molar-refractivity contribution in [2.75, 3.05) is 0 Å². The second-order valence-electron chi connectivity index (χ2n) is 4.18. The van der Waals surface area contributed by atoms with Gasteiger partial charge in [0.15, 0.2) is 0 Å². The Morgan fingerprint density at radius 2 is 1.81 bits per heavy atom. The van der Waals surface area contributed by atoms with Crippen molar-refractivity contribution in [3.63, 3.8) is 0 Å². The lowest BCUT2D eigenvalue weighted by Crippen LogP contribution is -2.00. The predicted molar refractivity (Wildman–Crippen MR) is 69.0 cm³/mol. The number of benzene rings is 1. The van der Waals surface area contributed by atoms with Gasteiger partial charge in [-0.15, -0.1) is 11.3 Å². The molecule has 0 saturated heterocycles. The van der Waals surface area contributed by atoms with Crippen LogP contribution in [0.4, 0.5) is 0 Å². The maximum Gasteiger partial charge on any atom is 0.105 e. The Balaban J connectivity index is 2.38. The van der Waals surface area contributed by atoms with E-state index in [4.69, 9.17) is 0 Å². The summed E-state index contributed by atoms with van der Waals surface area (Å²) in [6, 6.07) is 8.14. The molecule has 1 unspecified atom stereocenters. The molecule has 0 saturated carbocycles. The van der Waals surface area contributed by atoms with E-state index in [1.807, 2.05) is 24.4 Å². The molecule has 1 N–H and O–H groups in total. The largest absolute Gasteiger partial charge is 0.384 e. The highest BCUT2D eigenvalue weighted by molar-refractivity contribution is 7.10. The molecular formula is C14H16OS. The number of hydrogen-bond acceptors (Lipinski definition) is 2. The number of rotatable bonds is 2. The number of thiophene rings is 1. The van der Waals surface area contributed by atoms with Crippen LogP contribution < -0.4 is 0 Å². The topological polar surface area (TPSA) is 20.2 Å². The zero-order chi connectivity index (χ0) is 11.7. The molecule has 0 radical (unpaired) electrons. The van der Waals surface area contributed by atoms with Crippen LogP contribution in [0.1, 0.15) is 33.2 Å². The second-order valence-corrected chi connectivity index (χ2v) is 5.30. The van der Waals surface area contributed by atoms with Crippen LogP contribution in [0.5, 0.6) is 0 Å². The van der Waals surface area contributed by atoms with Crippen molar-refractivity contribution in [3.05, 3.63) is 56.8 Å². The van der Waals surface area contributed by atoms with Gasteiger partial charge in [0, 0.05) is 4.88 Å². The minimum atomic E-state index is -0.495. The Bertz CT molecular complexity index is 499. The van der Waals surface area contributed by atoms with E-state index in [0.29, 0.717) is 0 Å². The number of aryl methyl sites for hydroxylation is 3. The molecule has 0 aliphatic heterocycles. The molecule has 0 bridgehead atoms. The summed E-state index contributed by atoms with van der Waals surface area (Å²) in [5, 5.41) is 12.3. The summed E-state index contributed by atoms with van der Waals surface area (Å²) < 4.78 is 0. The van der Waals surface area contributed by atoms with Crippen molar-refractivity contribution in [2.45, 2.75) is 26.9 Å². The van der Waals surface area contributed by atoms with E-state index < -0.39 is 6.10 Å². The van der Waals surface area contributed by atoms with Gasteiger partial charge in [-0.2, -0.15) is 0 Å². The van der Waals surface area contributed by atoms with E-state index in [-0.39, 0.29) is 0 Å². The fraction of sp³-hybridized carbons (Fsp3) is 0.286. The fourth-order valence-electron chi connectivity index (χ4n) is 1.79. The van der Waals surface area contributed by atoms with E-state index in [9.17, 15) is 5.11 Å². The van der Waals surface area contributed by atoms with Gasteiger partial charge in [-0.25, -0.2) is 0 Å². The van der Waals surface area contributed by atoms with Gasteiger partial charge in [-0.1, -0.05) is 18.2 Å². The molecular weight excluding hydrogens is 216 g/mol. The molecule has 0 aliphatic rings. The lowest BCUT2D eigenvalue weighted by molar-refractivity contribution is 0.220. The zero-order valence-electron chi connectivity index (χ0n) is 9.82. The number of hydrogen-bond donors (Lipinski definition) is 1. The highest BCUT2D eigenvalue weighted by Crippen LogP contribution is 2.28. The van der Waals surface area contributed by atoms with Gasteiger partial charge in [-0.05, 0) is 54.5 Å². The van der Waals surface area contributed by atoms with Crippen molar-refractivity contribution < 1.29 is 5.11 Å². The summed E-state index contributed by atoms with van der Waals surface area (Å²) in [4.78, 5) is 1.19. The van der Waals surface area contributed by atoms with Crippen LogP contribution in [0, 0.1) is 20.8 Å². The van der Waals surface area contributed by atoms with Crippen LogP contribution in [0.25, 0.3) is 0 Å². The van der Waals surface area contributed by atoms with E-state index >= 15 is 0 Å². The zero-order valence-corrected chi connectivity index (χ0v) is 10.6. The van der Waals surface area contributed by atoms with E-state index in [0.717, 1.165) is 11.1 Å². The summed E-state index contributed by atoms with van der Waals surface area (Å²) in [7, 11) is 0. The summed E-state index contributed by atoms with van der Waals surface area (Å²) in [6.07, 6.45) is -0.495. The van der Waals surface area contributed by atoms with Crippen molar-refractivity contribution in [1.82, 2.24) is 0 Å². The van der Waals surface area contributed by atoms with Crippen molar-refractivity contribution in [1.29, 1.82) is 0 Å². The minimum absolute atomic E-state index is 0.495. The SMILES string of the molecule is Cc1ccc(C(O)c2ccsc2C)cc1C. The molecule has 1 aromatic heterocycles. The molecule has 84 valence electrons. The standard InChI is InChI=1S/C14H16OS/c1-9-4-5-12(8-10(9)2)14(15)13-6-7-16-11(13)3/h4-8,14-15H,1-3H3. The van der Waals surface area contributed by atoms with Gasteiger partial charge in [0.05, 0.1) is 0 Å². The van der Waals surface area contributed by atoms with Gasteiger partial charge in [0.25, 0.3) is 0 Å². The fourth-order valence-corrected chi connectivity index (χ4v) is 2.53. The molecule has 1 aromatic carbocycles. The molecule has 1 atom stereocenters. The molecule has 2 heteroatoms. The number of aliphatic hydroxyl groups excluding tert-OH is 1. The third kappa shape index (κ3) is 2.04. The smallest absolute Gasteiger partial charge is 0.105 e. The van der Waals surface area contributed by atoms with Crippen LogP contribution in [-0.2, 0) is 0 Å². The van der Waals surface area contributed by atoms with Gasteiger partial charge < -0.3 is 5.11 Å². The Morgan fingerprint density at radius 3 is 2.38 bits per heavy atom. The van der Waals surface area contributed by atoms with Gasteiger partial charge >= 0.3 is 0 Å². The molecule has 1 nitrogen and oxygen atoms in total. The third-order valence-corrected chi connectivity index (χ3v) is 3.90. The highest BCUT2D eigenvalue weighted by atomic mass is 32.1. The maximum atomic E-state index is 10.3. The summed E-state index contributed by atoms with van der Waals surface area (Å²) in [5.41, 5.74) is 4.49. The van der Waals surface area contributed by atoms with Crippen molar-refractivity contribution >= 4 is 11.3 Å². The molecule has 2 rings (SSSR count). The van der Waals surface area contributed by atoms with Crippen LogP contribution in [0.2, 0.25) is 0 Å². The first kappa shape index (κ1) is 11.4. The average Bonchev–Trinajstić information content (AvgIpc) is 2.67. The van der Waals surface area contributed by atoms with Crippen molar-refractivity contribution in [3.8, 4) is 0 Å². The van der Waals surface area contributed by atoms with Crippen LogP contribution in [0.3, 0.4) is 0 Å². The van der Waals surface area contributed by atoms with Gasteiger partial charge in [0.2, 0.25) is 0 Å². The molecule has 2 aromatic rings. The summed E-state index contributed by atoms with van der Waals surface area (Å²) in [5.74, 6) is 0. The first-order valence-electron chi connectivity index (χ1n) is 5.39. The molecule has 0 amide bonds. The van der Waals surface area contributed by atoms with Gasteiger partial charge in [-0.3, -0.25) is 0 Å². The maximum absolute atomic E-state index is 10.3. The van der Waals surface area contributed by atoms with Gasteiger partial charge in [0.1, 0.15) is 6.10 Å². The Kier molecular flexibility index (Phi) is 3.13. The van der Waals surface area contributed by atoms with Crippen LogP contribution in [-0.4, -0.2) is 5.11 Å². The average molecular weight is 232 g/mol. The molecule has 1 heterocycles. The number of aliphatic hydroxyl groups is 1. The van der Waals surface area contributed by atoms with Crippen LogP contribution >= 0.6 is 11.3 Å². The lowest BCUT2D eigenvalue weighted by Gasteiger charge is -2.12. The third-order valence-electron chi connectivity index (χ3n) is 3.04. The van der Waals surface area contributed by atoms with Crippen LogP contribution in [0.15, 0.2) is 29.6 Å². The first-order chi connectivity index (χ1) is 7.59. The molecule has 0 spiro atoms. The minimum Gasteiger partial charge on any atom is -0.384 e. The van der Waals surface area contributed by atoms with E-state index in [1.165, 1.54) is 16.0 Å². The first-order valence-corrected chi connectivity index (χ1v) is 6.27. The normalized spacial score (nSPS) is 12.8. The van der Waals surface area contributed by atoms with Crippen molar-refractivity contribution in [2.24, 2.45) is 0 Å².